The highest BCUT2D eigenvalue weighted by Crippen LogP contribution is 2.57. The molecule has 1 aromatic rings. The van der Waals surface area contributed by atoms with Crippen LogP contribution in [0.2, 0.25) is 0 Å². The molecule has 2 atom stereocenters. The summed E-state index contributed by atoms with van der Waals surface area (Å²) in [6.45, 7) is 2.17. The van der Waals surface area contributed by atoms with E-state index in [-0.39, 0.29) is 5.54 Å². The van der Waals surface area contributed by atoms with Crippen LogP contribution in [0, 0.1) is 12.8 Å². The molecule has 2 unspecified atom stereocenters. The number of rotatable bonds is 2. The monoisotopic (exact) mass is 215 g/mol. The molecule has 0 aromatic heterocycles. The van der Waals surface area contributed by atoms with Gasteiger partial charge < -0.3 is 5.73 Å². The lowest BCUT2D eigenvalue weighted by Gasteiger charge is -2.19. The average molecular weight is 215 g/mol. The lowest BCUT2D eigenvalue weighted by atomic mass is 9.92. The van der Waals surface area contributed by atoms with E-state index in [2.05, 4.69) is 31.2 Å². The summed E-state index contributed by atoms with van der Waals surface area (Å²) in [5, 5.41) is 0. The molecule has 86 valence electrons. The SMILES string of the molecule is Cc1cccc(C2CC2(N)C2CCCC2)c1. The van der Waals surface area contributed by atoms with Crippen molar-refractivity contribution in [2.45, 2.75) is 50.5 Å². The maximum absolute atomic E-state index is 6.58. The second kappa shape index (κ2) is 3.59. The highest BCUT2D eigenvalue weighted by Gasteiger charge is 2.56. The van der Waals surface area contributed by atoms with Crippen LogP contribution in [0.15, 0.2) is 24.3 Å². The van der Waals surface area contributed by atoms with Crippen molar-refractivity contribution >= 4 is 0 Å². The largest absolute Gasteiger partial charge is 0.324 e. The lowest BCUT2D eigenvalue weighted by molar-refractivity contribution is 0.404. The molecule has 1 aromatic carbocycles. The van der Waals surface area contributed by atoms with E-state index in [0.717, 1.165) is 5.92 Å². The van der Waals surface area contributed by atoms with Gasteiger partial charge in [0.05, 0.1) is 0 Å². The smallest absolute Gasteiger partial charge is 0.0259 e. The first-order chi connectivity index (χ1) is 7.70. The van der Waals surface area contributed by atoms with Crippen molar-refractivity contribution in [3.8, 4) is 0 Å². The molecule has 3 rings (SSSR count). The second-order valence-electron chi connectivity index (χ2n) is 5.76. The van der Waals surface area contributed by atoms with Crippen molar-refractivity contribution in [3.05, 3.63) is 35.4 Å². The van der Waals surface area contributed by atoms with E-state index in [1.54, 1.807) is 0 Å². The molecule has 2 N–H and O–H groups in total. The van der Waals surface area contributed by atoms with Gasteiger partial charge in [-0.15, -0.1) is 0 Å². The van der Waals surface area contributed by atoms with Gasteiger partial charge in [-0.05, 0) is 37.7 Å². The number of hydrogen-bond donors (Lipinski definition) is 1. The summed E-state index contributed by atoms with van der Waals surface area (Å²) in [7, 11) is 0. The van der Waals surface area contributed by atoms with Crippen LogP contribution in [-0.2, 0) is 0 Å². The van der Waals surface area contributed by atoms with Gasteiger partial charge >= 0.3 is 0 Å². The van der Waals surface area contributed by atoms with Crippen molar-refractivity contribution in [2.75, 3.05) is 0 Å². The average Bonchev–Trinajstić information content (AvgIpc) is 2.76. The minimum absolute atomic E-state index is 0.143. The van der Waals surface area contributed by atoms with E-state index >= 15 is 0 Å². The predicted molar refractivity (Wildman–Crippen MR) is 67.4 cm³/mol. The normalized spacial score (nSPS) is 34.2. The Hall–Kier alpha value is -0.820. The summed E-state index contributed by atoms with van der Waals surface area (Å²) in [6, 6.07) is 8.90. The van der Waals surface area contributed by atoms with Crippen LogP contribution in [0.1, 0.15) is 49.1 Å². The Balaban J connectivity index is 1.79. The third-order valence-electron chi connectivity index (χ3n) is 4.61. The van der Waals surface area contributed by atoms with Crippen molar-refractivity contribution in [1.29, 1.82) is 0 Å². The maximum atomic E-state index is 6.58. The molecule has 0 heterocycles. The standard InChI is InChI=1S/C15H21N/c1-11-5-4-6-12(9-11)14-10-15(14,16)13-7-2-3-8-13/h4-6,9,13-14H,2-3,7-8,10,16H2,1H3. The highest BCUT2D eigenvalue weighted by molar-refractivity contribution is 5.36. The predicted octanol–water partition coefficient (Wildman–Crippen LogP) is 3.37. The molecule has 1 nitrogen and oxygen atoms in total. The van der Waals surface area contributed by atoms with Gasteiger partial charge in [-0.3, -0.25) is 0 Å². The van der Waals surface area contributed by atoms with Gasteiger partial charge in [0.25, 0.3) is 0 Å². The Morgan fingerprint density at radius 3 is 2.69 bits per heavy atom. The highest BCUT2D eigenvalue weighted by atomic mass is 14.9. The van der Waals surface area contributed by atoms with Gasteiger partial charge in [-0.2, -0.15) is 0 Å². The minimum Gasteiger partial charge on any atom is -0.324 e. The van der Waals surface area contributed by atoms with Crippen LogP contribution in [0.3, 0.4) is 0 Å². The van der Waals surface area contributed by atoms with Crippen LogP contribution in [0.5, 0.6) is 0 Å². The minimum atomic E-state index is 0.143. The lowest BCUT2D eigenvalue weighted by Crippen LogP contribution is -2.32. The first-order valence-electron chi connectivity index (χ1n) is 6.55. The fourth-order valence-electron chi connectivity index (χ4n) is 3.52. The molecule has 1 heteroatoms. The van der Waals surface area contributed by atoms with E-state index in [4.69, 9.17) is 5.73 Å². The summed E-state index contributed by atoms with van der Waals surface area (Å²) < 4.78 is 0. The molecule has 2 fully saturated rings. The first-order valence-corrected chi connectivity index (χ1v) is 6.55. The van der Waals surface area contributed by atoms with Crippen LogP contribution in [-0.4, -0.2) is 5.54 Å². The Morgan fingerprint density at radius 1 is 1.25 bits per heavy atom. The first kappa shape index (κ1) is 10.3. The molecule has 0 amide bonds. The van der Waals surface area contributed by atoms with E-state index in [0.29, 0.717) is 5.92 Å². The molecule has 2 aliphatic carbocycles. The van der Waals surface area contributed by atoms with Gasteiger partial charge in [0.2, 0.25) is 0 Å². The van der Waals surface area contributed by atoms with Gasteiger partial charge in [0.15, 0.2) is 0 Å². The quantitative estimate of drug-likeness (QED) is 0.804. The molecule has 2 saturated carbocycles. The van der Waals surface area contributed by atoms with Crippen molar-refractivity contribution in [3.63, 3.8) is 0 Å². The van der Waals surface area contributed by atoms with Gasteiger partial charge in [0.1, 0.15) is 0 Å². The second-order valence-corrected chi connectivity index (χ2v) is 5.76. The maximum Gasteiger partial charge on any atom is 0.0259 e. The summed E-state index contributed by atoms with van der Waals surface area (Å²) in [6.07, 6.45) is 6.72. The topological polar surface area (TPSA) is 26.0 Å². The molecule has 16 heavy (non-hydrogen) atoms. The summed E-state index contributed by atoms with van der Waals surface area (Å²) in [5.41, 5.74) is 9.55. The van der Waals surface area contributed by atoms with Crippen molar-refractivity contribution in [2.24, 2.45) is 11.7 Å². The van der Waals surface area contributed by atoms with E-state index in [1.165, 1.54) is 43.2 Å². The molecule has 2 aliphatic rings. The summed E-state index contributed by atoms with van der Waals surface area (Å²) >= 11 is 0. The zero-order valence-electron chi connectivity index (χ0n) is 10.1. The zero-order chi connectivity index (χ0) is 11.2. The molecular formula is C15H21N. The Labute approximate surface area is 98.0 Å². The summed E-state index contributed by atoms with van der Waals surface area (Å²) in [5.74, 6) is 1.42. The number of hydrogen-bond acceptors (Lipinski definition) is 1. The van der Waals surface area contributed by atoms with Crippen LogP contribution < -0.4 is 5.73 Å². The molecule has 0 aliphatic heterocycles. The molecular weight excluding hydrogens is 194 g/mol. The third kappa shape index (κ3) is 1.58. The Morgan fingerprint density at radius 2 is 2.00 bits per heavy atom. The van der Waals surface area contributed by atoms with E-state index in [1.807, 2.05) is 0 Å². The Kier molecular flexibility index (Phi) is 2.32. The molecule has 0 spiro atoms. The Bertz CT molecular complexity index is 392. The summed E-state index contributed by atoms with van der Waals surface area (Å²) in [4.78, 5) is 0. The van der Waals surface area contributed by atoms with E-state index in [9.17, 15) is 0 Å². The number of aryl methyl sites for hydroxylation is 1. The van der Waals surface area contributed by atoms with Crippen LogP contribution in [0.25, 0.3) is 0 Å². The van der Waals surface area contributed by atoms with Crippen molar-refractivity contribution in [1.82, 2.24) is 0 Å². The van der Waals surface area contributed by atoms with Crippen LogP contribution >= 0.6 is 0 Å². The molecule has 0 radical (unpaired) electrons. The number of nitrogens with two attached hydrogens (primary N) is 1. The van der Waals surface area contributed by atoms with E-state index < -0.39 is 0 Å². The van der Waals surface area contributed by atoms with Crippen molar-refractivity contribution < 1.29 is 0 Å². The number of benzene rings is 1. The fraction of sp³-hybridized carbons (Fsp3) is 0.600. The fourth-order valence-corrected chi connectivity index (χ4v) is 3.52. The van der Waals surface area contributed by atoms with Crippen LogP contribution in [0.4, 0.5) is 0 Å². The van der Waals surface area contributed by atoms with Gasteiger partial charge in [-0.1, -0.05) is 42.7 Å². The molecule has 0 saturated heterocycles. The third-order valence-corrected chi connectivity index (χ3v) is 4.61. The van der Waals surface area contributed by atoms with Gasteiger partial charge in [-0.25, -0.2) is 0 Å². The zero-order valence-corrected chi connectivity index (χ0v) is 10.1. The molecule has 0 bridgehead atoms. The van der Waals surface area contributed by atoms with Gasteiger partial charge in [0, 0.05) is 11.5 Å².